The molecule has 0 radical (unpaired) electrons. The quantitative estimate of drug-likeness (QED) is 0.658. The minimum atomic E-state index is -0.250. The number of aldehydes is 1. The highest BCUT2D eigenvalue weighted by molar-refractivity contribution is 5.86. The molecule has 0 bridgehead atoms. The van der Waals surface area contributed by atoms with Crippen LogP contribution in [0.15, 0.2) is 42.6 Å². The van der Waals surface area contributed by atoms with Crippen LogP contribution in [0.4, 0.5) is 4.39 Å². The van der Waals surface area contributed by atoms with E-state index in [1.807, 2.05) is 28.8 Å². The fraction of sp³-hybridized carbons (Fsp3) is 0.0667. The van der Waals surface area contributed by atoms with E-state index in [1.54, 1.807) is 19.1 Å². The van der Waals surface area contributed by atoms with Gasteiger partial charge in [-0.3, -0.25) is 9.20 Å². The number of aromatic nitrogens is 2. The number of aryl methyl sites for hydroxylation is 1. The zero-order chi connectivity index (χ0) is 13.4. The lowest BCUT2D eigenvalue weighted by atomic mass is 10.1. The van der Waals surface area contributed by atoms with Crippen LogP contribution in [0, 0.1) is 12.7 Å². The summed E-state index contributed by atoms with van der Waals surface area (Å²) in [5.74, 6) is 0.390. The zero-order valence-corrected chi connectivity index (χ0v) is 10.3. The van der Waals surface area contributed by atoms with Crippen molar-refractivity contribution >= 4 is 11.8 Å². The fourth-order valence-electron chi connectivity index (χ4n) is 2.14. The average molecular weight is 254 g/mol. The molecule has 19 heavy (non-hydrogen) atoms. The average Bonchev–Trinajstić information content (AvgIpc) is 2.81. The molecule has 0 amide bonds. The van der Waals surface area contributed by atoms with Gasteiger partial charge in [-0.05, 0) is 42.8 Å². The van der Waals surface area contributed by atoms with Crippen molar-refractivity contribution in [2.45, 2.75) is 6.92 Å². The Bertz CT molecular complexity index is 777. The molecule has 0 aliphatic rings. The van der Waals surface area contributed by atoms with Gasteiger partial charge in [-0.15, -0.1) is 0 Å². The van der Waals surface area contributed by atoms with Crippen LogP contribution in [-0.4, -0.2) is 15.7 Å². The van der Waals surface area contributed by atoms with E-state index in [0.717, 1.165) is 17.4 Å². The monoisotopic (exact) mass is 254 g/mol. The Labute approximate surface area is 109 Å². The smallest absolute Gasteiger partial charge is 0.170 e. The molecule has 0 aliphatic heterocycles. The molecular weight excluding hydrogens is 243 g/mol. The first kappa shape index (κ1) is 11.6. The SMILES string of the molecule is Cc1cc(-c2nc(C=O)c3ccccn23)ccc1F. The summed E-state index contributed by atoms with van der Waals surface area (Å²) in [4.78, 5) is 15.4. The van der Waals surface area contributed by atoms with E-state index < -0.39 is 0 Å². The summed E-state index contributed by atoms with van der Waals surface area (Å²) in [7, 11) is 0. The van der Waals surface area contributed by atoms with E-state index in [4.69, 9.17) is 0 Å². The highest BCUT2D eigenvalue weighted by atomic mass is 19.1. The molecule has 4 heteroatoms. The third-order valence-corrected chi connectivity index (χ3v) is 3.10. The van der Waals surface area contributed by atoms with Crippen molar-refractivity contribution in [1.82, 2.24) is 9.38 Å². The number of carbonyl (C=O) groups is 1. The highest BCUT2D eigenvalue weighted by Crippen LogP contribution is 2.23. The number of pyridine rings is 1. The van der Waals surface area contributed by atoms with Crippen LogP contribution in [0.2, 0.25) is 0 Å². The van der Waals surface area contributed by atoms with Gasteiger partial charge in [-0.25, -0.2) is 9.37 Å². The van der Waals surface area contributed by atoms with Gasteiger partial charge >= 0.3 is 0 Å². The maximum Gasteiger partial charge on any atom is 0.170 e. The van der Waals surface area contributed by atoms with Crippen LogP contribution >= 0.6 is 0 Å². The Morgan fingerprint density at radius 1 is 1.26 bits per heavy atom. The van der Waals surface area contributed by atoms with Gasteiger partial charge in [0.05, 0.1) is 5.52 Å². The molecule has 1 aromatic carbocycles. The van der Waals surface area contributed by atoms with Crippen molar-refractivity contribution in [1.29, 1.82) is 0 Å². The van der Waals surface area contributed by atoms with Crippen molar-refractivity contribution in [3.63, 3.8) is 0 Å². The van der Waals surface area contributed by atoms with E-state index in [9.17, 15) is 9.18 Å². The summed E-state index contributed by atoms with van der Waals surface area (Å²) < 4.78 is 15.1. The minimum absolute atomic E-state index is 0.250. The summed E-state index contributed by atoms with van der Waals surface area (Å²) in [5, 5.41) is 0. The highest BCUT2D eigenvalue weighted by Gasteiger charge is 2.12. The number of hydrogen-bond donors (Lipinski definition) is 0. The minimum Gasteiger partial charge on any atom is -0.299 e. The van der Waals surface area contributed by atoms with Crippen molar-refractivity contribution in [3.05, 3.63) is 59.7 Å². The number of fused-ring (bicyclic) bond motifs is 1. The van der Waals surface area contributed by atoms with Gasteiger partial charge in [-0.2, -0.15) is 0 Å². The number of hydrogen-bond acceptors (Lipinski definition) is 2. The van der Waals surface area contributed by atoms with Gasteiger partial charge in [0, 0.05) is 11.8 Å². The molecule has 3 rings (SSSR count). The molecule has 0 saturated heterocycles. The van der Waals surface area contributed by atoms with Gasteiger partial charge in [0.1, 0.15) is 17.3 Å². The molecule has 0 aliphatic carbocycles. The number of halogens is 1. The summed E-state index contributed by atoms with van der Waals surface area (Å²) in [5.41, 5.74) is 2.47. The van der Waals surface area contributed by atoms with Crippen LogP contribution in [-0.2, 0) is 0 Å². The van der Waals surface area contributed by atoms with Gasteiger partial charge in [-0.1, -0.05) is 6.07 Å². The maximum absolute atomic E-state index is 13.3. The molecular formula is C15H11FN2O. The largest absolute Gasteiger partial charge is 0.299 e. The lowest BCUT2D eigenvalue weighted by Gasteiger charge is -2.03. The molecule has 0 fully saturated rings. The molecule has 94 valence electrons. The molecule has 3 aromatic rings. The van der Waals surface area contributed by atoms with Gasteiger partial charge in [0.2, 0.25) is 0 Å². The molecule has 0 unspecified atom stereocenters. The molecule has 2 aromatic heterocycles. The normalized spacial score (nSPS) is 10.8. The van der Waals surface area contributed by atoms with Crippen LogP contribution in [0.5, 0.6) is 0 Å². The number of benzene rings is 1. The second-order valence-electron chi connectivity index (χ2n) is 4.36. The second kappa shape index (κ2) is 4.31. The summed E-state index contributed by atoms with van der Waals surface area (Å²) in [6, 6.07) is 10.4. The molecule has 3 nitrogen and oxygen atoms in total. The molecule has 2 heterocycles. The first-order valence-electron chi connectivity index (χ1n) is 5.89. The van der Waals surface area contributed by atoms with Crippen molar-refractivity contribution in [2.24, 2.45) is 0 Å². The van der Waals surface area contributed by atoms with Gasteiger partial charge < -0.3 is 0 Å². The summed E-state index contributed by atoms with van der Waals surface area (Å²) >= 11 is 0. The van der Waals surface area contributed by atoms with Crippen molar-refractivity contribution < 1.29 is 9.18 Å². The van der Waals surface area contributed by atoms with E-state index >= 15 is 0 Å². The summed E-state index contributed by atoms with van der Waals surface area (Å²) in [6.45, 7) is 1.70. The molecule has 0 spiro atoms. The Morgan fingerprint density at radius 3 is 2.84 bits per heavy atom. The lowest BCUT2D eigenvalue weighted by molar-refractivity contribution is 0.112. The van der Waals surface area contributed by atoms with Crippen LogP contribution in [0.3, 0.4) is 0 Å². The number of rotatable bonds is 2. The predicted molar refractivity (Wildman–Crippen MR) is 70.7 cm³/mol. The van der Waals surface area contributed by atoms with Gasteiger partial charge in [0.25, 0.3) is 0 Å². The maximum atomic E-state index is 13.3. The predicted octanol–water partition coefficient (Wildman–Crippen LogP) is 3.26. The topological polar surface area (TPSA) is 34.4 Å². The van der Waals surface area contributed by atoms with Crippen LogP contribution in [0.1, 0.15) is 16.1 Å². The molecule has 0 N–H and O–H groups in total. The Hall–Kier alpha value is -2.49. The number of nitrogens with zero attached hydrogens (tertiary/aromatic N) is 2. The fourth-order valence-corrected chi connectivity index (χ4v) is 2.14. The first-order valence-corrected chi connectivity index (χ1v) is 5.89. The summed E-state index contributed by atoms with van der Waals surface area (Å²) in [6.07, 6.45) is 2.57. The third-order valence-electron chi connectivity index (χ3n) is 3.10. The van der Waals surface area contributed by atoms with E-state index in [2.05, 4.69) is 4.98 Å². The van der Waals surface area contributed by atoms with Crippen molar-refractivity contribution in [2.75, 3.05) is 0 Å². The zero-order valence-electron chi connectivity index (χ0n) is 10.3. The second-order valence-corrected chi connectivity index (χ2v) is 4.36. The Morgan fingerprint density at radius 2 is 2.11 bits per heavy atom. The standard InChI is InChI=1S/C15H11FN2O/c1-10-8-11(5-6-12(10)16)15-17-13(9-19)14-4-2-3-7-18(14)15/h2-9H,1H3. The Balaban J connectivity index is 2.30. The third kappa shape index (κ3) is 1.81. The first-order chi connectivity index (χ1) is 9.20. The molecule has 0 saturated carbocycles. The van der Waals surface area contributed by atoms with E-state index in [0.29, 0.717) is 17.1 Å². The molecule has 0 atom stereocenters. The number of imidazole rings is 1. The van der Waals surface area contributed by atoms with Crippen molar-refractivity contribution in [3.8, 4) is 11.4 Å². The van der Waals surface area contributed by atoms with E-state index in [-0.39, 0.29) is 5.82 Å². The van der Waals surface area contributed by atoms with Gasteiger partial charge in [0.15, 0.2) is 6.29 Å². The van der Waals surface area contributed by atoms with Crippen LogP contribution in [0.25, 0.3) is 16.9 Å². The number of carbonyl (C=O) groups excluding carboxylic acids is 1. The van der Waals surface area contributed by atoms with Crippen LogP contribution < -0.4 is 0 Å². The Kier molecular flexibility index (Phi) is 2.63. The van der Waals surface area contributed by atoms with E-state index in [1.165, 1.54) is 6.07 Å². The lowest BCUT2D eigenvalue weighted by Crippen LogP contribution is -1.90.